The van der Waals surface area contributed by atoms with Crippen molar-refractivity contribution in [2.24, 2.45) is 0 Å². The van der Waals surface area contributed by atoms with E-state index in [9.17, 15) is 4.39 Å². The molecule has 1 aromatic carbocycles. The monoisotopic (exact) mass is 255 g/mol. The second-order valence-corrected chi connectivity index (χ2v) is 4.11. The molecule has 1 unspecified atom stereocenters. The molecule has 0 spiro atoms. The first kappa shape index (κ1) is 13.2. The molecule has 0 amide bonds. The number of hydrogen-bond acceptors (Lipinski definition) is 3. The van der Waals surface area contributed by atoms with Crippen molar-refractivity contribution in [3.63, 3.8) is 0 Å². The Kier molecular flexibility index (Phi) is 4.60. The van der Waals surface area contributed by atoms with E-state index in [4.69, 9.17) is 5.26 Å². The number of pyridine rings is 1. The van der Waals surface area contributed by atoms with Crippen LogP contribution in [0.15, 0.2) is 48.7 Å². The van der Waals surface area contributed by atoms with E-state index in [-0.39, 0.29) is 5.82 Å². The van der Waals surface area contributed by atoms with Crippen LogP contribution in [0.5, 0.6) is 0 Å². The predicted octanol–water partition coefficient (Wildman–Crippen LogP) is 2.62. The highest BCUT2D eigenvalue weighted by Gasteiger charge is 2.10. The van der Waals surface area contributed by atoms with Crippen molar-refractivity contribution in [3.8, 4) is 6.07 Å². The van der Waals surface area contributed by atoms with Gasteiger partial charge >= 0.3 is 0 Å². The minimum atomic E-state index is -0.465. The fourth-order valence-electron chi connectivity index (χ4n) is 1.82. The van der Waals surface area contributed by atoms with E-state index in [1.807, 2.05) is 6.07 Å². The normalized spacial score (nSPS) is 11.8. The summed E-state index contributed by atoms with van der Waals surface area (Å²) in [6.45, 7) is 0.524. The average molecular weight is 255 g/mol. The van der Waals surface area contributed by atoms with Gasteiger partial charge in [-0.25, -0.2) is 4.39 Å². The van der Waals surface area contributed by atoms with E-state index in [2.05, 4.69) is 16.4 Å². The summed E-state index contributed by atoms with van der Waals surface area (Å²) in [6.07, 6.45) is 2.19. The first-order valence-corrected chi connectivity index (χ1v) is 6.08. The Balaban J connectivity index is 1.92. The molecule has 1 heterocycles. The van der Waals surface area contributed by atoms with Crippen molar-refractivity contribution in [1.82, 2.24) is 10.3 Å². The van der Waals surface area contributed by atoms with Gasteiger partial charge in [0.05, 0.1) is 11.8 Å². The Morgan fingerprint density at radius 1 is 1.21 bits per heavy atom. The van der Waals surface area contributed by atoms with Crippen molar-refractivity contribution in [2.45, 2.75) is 12.5 Å². The number of nitrogens with zero attached hydrogens (tertiary/aromatic N) is 2. The van der Waals surface area contributed by atoms with Crippen LogP contribution < -0.4 is 5.32 Å². The Hall–Kier alpha value is -2.25. The minimum Gasteiger partial charge on any atom is -0.297 e. The molecule has 1 aromatic heterocycles. The van der Waals surface area contributed by atoms with Crippen LogP contribution in [0.2, 0.25) is 0 Å². The first-order valence-electron chi connectivity index (χ1n) is 6.08. The first-order chi connectivity index (χ1) is 9.31. The lowest BCUT2D eigenvalue weighted by molar-refractivity contribution is 0.582. The summed E-state index contributed by atoms with van der Waals surface area (Å²) in [5.41, 5.74) is 1.33. The van der Waals surface area contributed by atoms with Crippen LogP contribution in [0.4, 0.5) is 4.39 Å². The van der Waals surface area contributed by atoms with Crippen LogP contribution in [0.25, 0.3) is 0 Å². The number of benzene rings is 1. The van der Waals surface area contributed by atoms with Crippen LogP contribution in [0.1, 0.15) is 17.3 Å². The minimum absolute atomic E-state index is 0.212. The Labute approximate surface area is 111 Å². The summed E-state index contributed by atoms with van der Waals surface area (Å²) in [7, 11) is 0. The predicted molar refractivity (Wildman–Crippen MR) is 70.7 cm³/mol. The Morgan fingerprint density at radius 3 is 2.68 bits per heavy atom. The summed E-state index contributed by atoms with van der Waals surface area (Å²) in [5, 5.41) is 12.2. The fraction of sp³-hybridized carbons (Fsp3) is 0.200. The lowest BCUT2D eigenvalue weighted by Gasteiger charge is -2.11. The third-order valence-corrected chi connectivity index (χ3v) is 2.81. The molecule has 0 fully saturated rings. The van der Waals surface area contributed by atoms with E-state index in [1.54, 1.807) is 36.5 Å². The molecule has 19 heavy (non-hydrogen) atoms. The lowest BCUT2D eigenvalue weighted by Crippen LogP contribution is -2.23. The van der Waals surface area contributed by atoms with Gasteiger partial charge in [0.25, 0.3) is 0 Å². The molecule has 0 saturated carbocycles. The zero-order valence-corrected chi connectivity index (χ0v) is 10.4. The second kappa shape index (κ2) is 6.62. The summed E-state index contributed by atoms with van der Waals surface area (Å²) in [6, 6.07) is 13.8. The molecule has 0 saturated heterocycles. The van der Waals surface area contributed by atoms with Crippen molar-refractivity contribution in [3.05, 3.63) is 65.7 Å². The number of rotatable bonds is 5. The van der Waals surface area contributed by atoms with E-state index < -0.39 is 6.04 Å². The van der Waals surface area contributed by atoms with Gasteiger partial charge in [0.1, 0.15) is 11.9 Å². The number of nitriles is 1. The molecule has 4 heteroatoms. The number of nitrogens with one attached hydrogen (secondary N) is 1. The van der Waals surface area contributed by atoms with E-state index in [1.165, 1.54) is 6.07 Å². The zero-order chi connectivity index (χ0) is 13.5. The maximum Gasteiger partial charge on any atom is 0.138 e. The van der Waals surface area contributed by atoms with Gasteiger partial charge in [0, 0.05) is 12.7 Å². The van der Waals surface area contributed by atoms with Gasteiger partial charge < -0.3 is 0 Å². The second-order valence-electron chi connectivity index (χ2n) is 4.11. The van der Waals surface area contributed by atoms with Gasteiger partial charge in [-0.1, -0.05) is 24.3 Å². The number of aromatic nitrogens is 1. The van der Waals surface area contributed by atoms with Gasteiger partial charge in [0.2, 0.25) is 0 Å². The van der Waals surface area contributed by atoms with Gasteiger partial charge in [-0.3, -0.25) is 10.3 Å². The molecule has 1 N–H and O–H groups in total. The molecular formula is C15H14FN3. The highest BCUT2D eigenvalue weighted by molar-refractivity contribution is 5.18. The zero-order valence-electron chi connectivity index (χ0n) is 10.4. The molecular weight excluding hydrogens is 241 g/mol. The summed E-state index contributed by atoms with van der Waals surface area (Å²) < 4.78 is 13.4. The molecule has 0 aliphatic heterocycles. The summed E-state index contributed by atoms with van der Waals surface area (Å²) in [5.74, 6) is -0.212. The molecule has 2 rings (SSSR count). The van der Waals surface area contributed by atoms with Crippen molar-refractivity contribution >= 4 is 0 Å². The SMILES string of the molecule is N#CC(NCCc1ccccc1F)c1ccccn1. The molecule has 2 aromatic rings. The molecule has 96 valence electrons. The molecule has 0 aliphatic carbocycles. The molecule has 1 atom stereocenters. The van der Waals surface area contributed by atoms with Crippen molar-refractivity contribution in [1.29, 1.82) is 5.26 Å². The third kappa shape index (κ3) is 3.60. The molecule has 3 nitrogen and oxygen atoms in total. The number of hydrogen-bond donors (Lipinski definition) is 1. The highest BCUT2D eigenvalue weighted by atomic mass is 19.1. The van der Waals surface area contributed by atoms with E-state index >= 15 is 0 Å². The lowest BCUT2D eigenvalue weighted by atomic mass is 10.1. The van der Waals surface area contributed by atoms with Crippen LogP contribution in [-0.4, -0.2) is 11.5 Å². The van der Waals surface area contributed by atoms with Crippen molar-refractivity contribution < 1.29 is 4.39 Å². The fourth-order valence-corrected chi connectivity index (χ4v) is 1.82. The average Bonchev–Trinajstić information content (AvgIpc) is 2.46. The van der Waals surface area contributed by atoms with Gasteiger partial charge in [0.15, 0.2) is 0 Å². The van der Waals surface area contributed by atoms with Crippen LogP contribution in [0, 0.1) is 17.1 Å². The van der Waals surface area contributed by atoms with E-state index in [0.29, 0.717) is 24.2 Å². The molecule has 0 radical (unpaired) electrons. The molecule has 0 aliphatic rings. The molecule has 0 bridgehead atoms. The maximum atomic E-state index is 13.4. The third-order valence-electron chi connectivity index (χ3n) is 2.81. The smallest absolute Gasteiger partial charge is 0.138 e. The standard InChI is InChI=1S/C15H14FN3/c16-13-6-2-1-5-12(13)8-10-19-15(11-17)14-7-3-4-9-18-14/h1-7,9,15,19H,8,10H2. The van der Waals surface area contributed by atoms with Crippen LogP contribution >= 0.6 is 0 Å². The van der Waals surface area contributed by atoms with Crippen LogP contribution in [0.3, 0.4) is 0 Å². The Bertz CT molecular complexity index is 563. The topological polar surface area (TPSA) is 48.7 Å². The van der Waals surface area contributed by atoms with Gasteiger partial charge in [-0.05, 0) is 30.2 Å². The highest BCUT2D eigenvalue weighted by Crippen LogP contribution is 2.10. The van der Waals surface area contributed by atoms with Crippen LogP contribution in [-0.2, 0) is 6.42 Å². The largest absolute Gasteiger partial charge is 0.297 e. The quantitative estimate of drug-likeness (QED) is 0.893. The van der Waals surface area contributed by atoms with Gasteiger partial charge in [-0.15, -0.1) is 0 Å². The van der Waals surface area contributed by atoms with Gasteiger partial charge in [-0.2, -0.15) is 5.26 Å². The summed E-state index contributed by atoms with van der Waals surface area (Å²) in [4.78, 5) is 4.13. The summed E-state index contributed by atoms with van der Waals surface area (Å²) >= 11 is 0. The Morgan fingerprint density at radius 2 is 2.00 bits per heavy atom. The van der Waals surface area contributed by atoms with E-state index in [0.717, 1.165) is 0 Å². The number of halogens is 1. The maximum absolute atomic E-state index is 13.4. The van der Waals surface area contributed by atoms with Crippen molar-refractivity contribution in [2.75, 3.05) is 6.54 Å².